The molecular weight excluding hydrogens is 416 g/mol. The topological polar surface area (TPSA) is 90.7 Å². The first-order valence-electron chi connectivity index (χ1n) is 9.88. The third-order valence-electron chi connectivity index (χ3n) is 5.81. The van der Waals surface area contributed by atoms with Crippen LogP contribution in [0.1, 0.15) is 30.2 Å². The number of nitrogens with two attached hydrogens (primary N) is 1. The van der Waals surface area contributed by atoms with Crippen molar-refractivity contribution >= 4 is 29.1 Å². The van der Waals surface area contributed by atoms with Gasteiger partial charge in [0.05, 0.1) is 5.41 Å². The van der Waals surface area contributed by atoms with Crippen molar-refractivity contribution in [2.75, 3.05) is 12.1 Å². The highest BCUT2D eigenvalue weighted by Gasteiger charge is 2.51. The van der Waals surface area contributed by atoms with Gasteiger partial charge in [0.1, 0.15) is 0 Å². The molecule has 5 rings (SSSR count). The van der Waals surface area contributed by atoms with E-state index >= 15 is 0 Å². The quantitative estimate of drug-likeness (QED) is 0.603. The molecule has 0 aromatic heterocycles. The average Bonchev–Trinajstić information content (AvgIpc) is 3.46. The van der Waals surface area contributed by atoms with Crippen molar-refractivity contribution in [3.05, 3.63) is 76.8 Å². The van der Waals surface area contributed by atoms with Gasteiger partial charge >= 0.3 is 0 Å². The second kappa shape index (κ2) is 7.32. The summed E-state index contributed by atoms with van der Waals surface area (Å²) < 4.78 is 10.8. The smallest absolute Gasteiger partial charge is 0.248 e. The number of anilines is 1. The lowest BCUT2D eigenvalue weighted by Gasteiger charge is -2.17. The van der Waals surface area contributed by atoms with Crippen LogP contribution in [0, 0.1) is 0 Å². The van der Waals surface area contributed by atoms with E-state index in [-0.39, 0.29) is 14.1 Å². The Morgan fingerprint density at radius 2 is 1.71 bits per heavy atom. The van der Waals surface area contributed by atoms with Gasteiger partial charge in [-0.1, -0.05) is 29.8 Å². The monoisotopic (exact) mass is 436 g/mol. The van der Waals surface area contributed by atoms with Crippen molar-refractivity contribution in [3.8, 4) is 22.6 Å². The van der Waals surface area contributed by atoms with Crippen LogP contribution in [0.4, 0.5) is 5.69 Å². The van der Waals surface area contributed by atoms with Gasteiger partial charge in [-0.25, -0.2) is 0 Å². The van der Waals surface area contributed by atoms with Crippen LogP contribution in [0.3, 0.4) is 0 Å². The third-order valence-corrected chi connectivity index (χ3v) is 6.14. The molecule has 0 unspecified atom stereocenters. The second-order valence-electron chi connectivity index (χ2n) is 7.74. The van der Waals surface area contributed by atoms with Gasteiger partial charge in [0.25, 0.3) is 0 Å². The Morgan fingerprint density at radius 1 is 0.968 bits per heavy atom. The first-order valence-corrected chi connectivity index (χ1v) is 10.3. The molecule has 3 N–H and O–H groups in total. The van der Waals surface area contributed by atoms with E-state index in [0.717, 1.165) is 29.5 Å². The standard InChI is InChI=1S/C24H19ClN2O4.H2/c25-19-7-6-17(12-18(19)14-1-3-15(4-2-14)22(26)28)27-23(29)24(9-10-24)16-5-8-20-21(11-16)31-13-30-20;/h1-8,11-12H,9-10,13H2,(H2,26,28)(H,27,29);1H. The van der Waals surface area contributed by atoms with Gasteiger partial charge in [-0.05, 0) is 66.4 Å². The predicted octanol–water partition coefficient (Wildman–Crippen LogP) is 4.75. The Kier molecular flexibility index (Phi) is 4.59. The number of carbonyl (C=O) groups excluding carboxylic acids is 2. The predicted molar refractivity (Wildman–Crippen MR) is 120 cm³/mol. The minimum Gasteiger partial charge on any atom is -0.454 e. The molecule has 2 aliphatic rings. The number of halogens is 1. The van der Waals surface area contributed by atoms with E-state index in [2.05, 4.69) is 5.32 Å². The van der Waals surface area contributed by atoms with Gasteiger partial charge in [0.2, 0.25) is 18.6 Å². The Morgan fingerprint density at radius 3 is 2.42 bits per heavy atom. The summed E-state index contributed by atoms with van der Waals surface area (Å²) in [5, 5.41) is 3.58. The first-order chi connectivity index (χ1) is 15.0. The van der Waals surface area contributed by atoms with E-state index in [9.17, 15) is 9.59 Å². The number of rotatable bonds is 5. The molecule has 6 nitrogen and oxygen atoms in total. The van der Waals surface area contributed by atoms with E-state index in [4.69, 9.17) is 26.8 Å². The number of benzene rings is 3. The van der Waals surface area contributed by atoms with Crippen molar-refractivity contribution in [1.82, 2.24) is 0 Å². The molecule has 0 saturated heterocycles. The maximum absolute atomic E-state index is 13.2. The van der Waals surface area contributed by atoms with Crippen molar-refractivity contribution in [3.63, 3.8) is 0 Å². The van der Waals surface area contributed by atoms with Crippen molar-refractivity contribution < 1.29 is 20.5 Å². The zero-order valence-electron chi connectivity index (χ0n) is 16.5. The molecule has 0 radical (unpaired) electrons. The van der Waals surface area contributed by atoms with Gasteiger partial charge in [-0.2, -0.15) is 0 Å². The van der Waals surface area contributed by atoms with Gasteiger partial charge in [0.15, 0.2) is 11.5 Å². The number of primary amides is 1. The zero-order chi connectivity index (χ0) is 21.6. The van der Waals surface area contributed by atoms with Crippen molar-refractivity contribution in [2.45, 2.75) is 18.3 Å². The number of hydrogen-bond donors (Lipinski definition) is 2. The van der Waals surface area contributed by atoms with Crippen LogP contribution in [0.15, 0.2) is 60.7 Å². The van der Waals surface area contributed by atoms with Crippen LogP contribution < -0.4 is 20.5 Å². The Balaban J connectivity index is 0.00000245. The Labute approximate surface area is 185 Å². The molecule has 0 spiro atoms. The SMILES string of the molecule is NC(=O)c1ccc(-c2cc(NC(=O)C3(c4ccc5c(c4)OCO5)CC3)ccc2Cl)cc1.[HH]. The molecule has 1 fully saturated rings. The fourth-order valence-corrected chi connectivity index (χ4v) is 4.08. The summed E-state index contributed by atoms with van der Waals surface area (Å²) >= 11 is 6.39. The lowest BCUT2D eigenvalue weighted by Crippen LogP contribution is -2.27. The fourth-order valence-electron chi connectivity index (χ4n) is 3.86. The van der Waals surface area contributed by atoms with Crippen LogP contribution >= 0.6 is 11.6 Å². The summed E-state index contributed by atoms with van der Waals surface area (Å²) in [6.07, 6.45) is 1.54. The largest absolute Gasteiger partial charge is 0.454 e. The summed E-state index contributed by atoms with van der Waals surface area (Å²) in [6.45, 7) is 0.200. The van der Waals surface area contributed by atoms with Crippen molar-refractivity contribution in [1.29, 1.82) is 0 Å². The number of carbonyl (C=O) groups is 2. The second-order valence-corrected chi connectivity index (χ2v) is 8.15. The molecule has 3 aromatic carbocycles. The lowest BCUT2D eigenvalue weighted by molar-refractivity contribution is -0.118. The molecule has 2 amide bonds. The minimum absolute atomic E-state index is 0. The molecule has 7 heteroatoms. The summed E-state index contributed by atoms with van der Waals surface area (Å²) in [7, 11) is 0. The van der Waals surface area contributed by atoms with Gasteiger partial charge in [-0.15, -0.1) is 0 Å². The molecule has 0 bridgehead atoms. The molecule has 0 atom stereocenters. The summed E-state index contributed by atoms with van der Waals surface area (Å²) in [5.74, 6) is 0.815. The van der Waals surface area contributed by atoms with E-state index in [1.165, 1.54) is 0 Å². The maximum atomic E-state index is 13.2. The van der Waals surface area contributed by atoms with Crippen molar-refractivity contribution in [2.24, 2.45) is 5.73 Å². The minimum atomic E-state index is -0.566. The molecule has 1 saturated carbocycles. The van der Waals surface area contributed by atoms with Crippen LogP contribution in [-0.2, 0) is 10.2 Å². The zero-order valence-corrected chi connectivity index (χ0v) is 17.2. The van der Waals surface area contributed by atoms with Crippen LogP contribution in [-0.4, -0.2) is 18.6 Å². The van der Waals surface area contributed by atoms with E-state index in [0.29, 0.717) is 27.8 Å². The number of hydrogen-bond acceptors (Lipinski definition) is 4. The van der Waals surface area contributed by atoms with Gasteiger partial charge in [0, 0.05) is 23.3 Å². The summed E-state index contributed by atoms with van der Waals surface area (Å²) in [6, 6.07) is 17.9. The lowest BCUT2D eigenvalue weighted by atomic mass is 9.94. The molecule has 1 heterocycles. The average molecular weight is 437 g/mol. The Bertz CT molecular complexity index is 1210. The maximum Gasteiger partial charge on any atom is 0.248 e. The number of fused-ring (bicyclic) bond motifs is 1. The van der Waals surface area contributed by atoms with Crippen LogP contribution in [0.5, 0.6) is 11.5 Å². The third kappa shape index (κ3) is 3.49. The summed E-state index contributed by atoms with van der Waals surface area (Å²) in [4.78, 5) is 24.5. The van der Waals surface area contributed by atoms with Crippen LogP contribution in [0.25, 0.3) is 11.1 Å². The van der Waals surface area contributed by atoms with E-state index in [1.807, 2.05) is 24.3 Å². The number of amides is 2. The Hall–Kier alpha value is -3.51. The number of ether oxygens (including phenoxy) is 2. The molecule has 1 aliphatic carbocycles. The van der Waals surface area contributed by atoms with Gasteiger partial charge < -0.3 is 20.5 Å². The molecule has 1 aliphatic heterocycles. The first kappa shape index (κ1) is 19.5. The van der Waals surface area contributed by atoms with Gasteiger partial charge in [-0.3, -0.25) is 9.59 Å². The number of nitrogens with one attached hydrogen (secondary N) is 1. The highest BCUT2D eigenvalue weighted by molar-refractivity contribution is 6.33. The summed E-state index contributed by atoms with van der Waals surface area (Å²) in [5.41, 5.74) is 8.31. The van der Waals surface area contributed by atoms with E-state index in [1.54, 1.807) is 36.4 Å². The fraction of sp³-hybridized carbons (Fsp3) is 0.167. The highest BCUT2D eigenvalue weighted by atomic mass is 35.5. The normalized spacial score (nSPS) is 15.4. The molecule has 158 valence electrons. The van der Waals surface area contributed by atoms with E-state index < -0.39 is 11.3 Å². The molecular formula is C24H21ClN2O4. The highest BCUT2D eigenvalue weighted by Crippen LogP contribution is 2.51. The molecule has 31 heavy (non-hydrogen) atoms. The molecule has 3 aromatic rings. The van der Waals surface area contributed by atoms with Crippen LogP contribution in [0.2, 0.25) is 5.02 Å².